The zero-order chi connectivity index (χ0) is 22.1. The molecule has 31 heavy (non-hydrogen) atoms. The summed E-state index contributed by atoms with van der Waals surface area (Å²) >= 11 is 0. The molecular formula is C22H23N3O5S. The number of nitrogens with two attached hydrogens (primary N) is 1. The van der Waals surface area contributed by atoms with Crippen LogP contribution >= 0.6 is 0 Å². The van der Waals surface area contributed by atoms with Crippen LogP contribution in [-0.4, -0.2) is 38.7 Å². The molecule has 0 radical (unpaired) electrons. The Kier molecular flexibility index (Phi) is 7.45. The van der Waals surface area contributed by atoms with E-state index in [1.54, 1.807) is 30.5 Å². The number of nitrogens with zero attached hydrogens (tertiary/aromatic N) is 2. The molecule has 0 amide bonds. The van der Waals surface area contributed by atoms with Gasteiger partial charge in [0, 0.05) is 30.5 Å². The molecule has 0 aliphatic heterocycles. The fourth-order valence-corrected chi connectivity index (χ4v) is 3.10. The Morgan fingerprint density at radius 2 is 1.71 bits per heavy atom. The lowest BCUT2D eigenvalue weighted by atomic mass is 10.3. The van der Waals surface area contributed by atoms with Crippen LogP contribution in [0.15, 0.2) is 83.0 Å². The van der Waals surface area contributed by atoms with Crippen molar-refractivity contribution >= 4 is 15.7 Å². The van der Waals surface area contributed by atoms with E-state index in [9.17, 15) is 8.42 Å². The minimum Gasteiger partial charge on any atom is -0.493 e. The van der Waals surface area contributed by atoms with Gasteiger partial charge < -0.3 is 20.0 Å². The van der Waals surface area contributed by atoms with Crippen molar-refractivity contribution in [2.24, 2.45) is 10.9 Å². The van der Waals surface area contributed by atoms with E-state index in [0.717, 1.165) is 6.26 Å². The highest BCUT2D eigenvalue weighted by atomic mass is 32.2. The van der Waals surface area contributed by atoms with Gasteiger partial charge in [0.25, 0.3) is 0 Å². The fraction of sp³-hybridized carbons (Fsp3) is 0.182. The fourth-order valence-electron chi connectivity index (χ4n) is 2.47. The van der Waals surface area contributed by atoms with Crippen LogP contribution in [0.4, 0.5) is 0 Å². The van der Waals surface area contributed by atoms with E-state index in [-0.39, 0.29) is 10.7 Å². The van der Waals surface area contributed by atoms with Crippen molar-refractivity contribution in [2.45, 2.75) is 11.3 Å². The molecule has 8 nitrogen and oxygen atoms in total. The van der Waals surface area contributed by atoms with Gasteiger partial charge in [-0.05, 0) is 42.5 Å². The maximum Gasteiger partial charge on any atom is 0.219 e. The second-order valence-corrected chi connectivity index (χ2v) is 8.57. The first-order valence-corrected chi connectivity index (χ1v) is 11.4. The minimum absolute atomic E-state index is 0.205. The van der Waals surface area contributed by atoms with E-state index in [1.165, 1.54) is 12.1 Å². The number of para-hydroxylation sites is 1. The molecule has 0 spiro atoms. The molecule has 9 heteroatoms. The number of hydrogen-bond donors (Lipinski definition) is 1. The van der Waals surface area contributed by atoms with Crippen molar-refractivity contribution < 1.29 is 22.7 Å². The van der Waals surface area contributed by atoms with Gasteiger partial charge in [-0.25, -0.2) is 13.4 Å². The summed E-state index contributed by atoms with van der Waals surface area (Å²) in [5.74, 6) is 1.93. The molecule has 0 atom stereocenters. The molecule has 3 aromatic rings. The SMILES string of the molecule is CS(=O)(=O)c1ccc(OCCCO/N=C(/N)c2ccc(Oc3ccccc3)nc2)cc1. The third-order valence-corrected chi connectivity index (χ3v) is 5.19. The molecule has 0 aliphatic carbocycles. The molecule has 0 unspecified atom stereocenters. The van der Waals surface area contributed by atoms with Gasteiger partial charge in [0.2, 0.25) is 5.88 Å². The average molecular weight is 442 g/mol. The topological polar surface area (TPSA) is 113 Å². The van der Waals surface area contributed by atoms with E-state index in [0.29, 0.717) is 42.6 Å². The summed E-state index contributed by atoms with van der Waals surface area (Å²) in [6.07, 6.45) is 3.30. The zero-order valence-electron chi connectivity index (χ0n) is 17.0. The number of pyridine rings is 1. The summed E-state index contributed by atoms with van der Waals surface area (Å²) in [6.45, 7) is 0.700. The van der Waals surface area contributed by atoms with E-state index >= 15 is 0 Å². The highest BCUT2D eigenvalue weighted by molar-refractivity contribution is 7.90. The molecule has 2 aromatic carbocycles. The van der Waals surface area contributed by atoms with Crippen LogP contribution in [0.3, 0.4) is 0 Å². The number of benzene rings is 2. The normalized spacial score (nSPS) is 11.7. The van der Waals surface area contributed by atoms with Gasteiger partial charge in [-0.15, -0.1) is 0 Å². The van der Waals surface area contributed by atoms with Crippen molar-refractivity contribution in [1.29, 1.82) is 0 Å². The largest absolute Gasteiger partial charge is 0.493 e. The Morgan fingerprint density at radius 3 is 2.35 bits per heavy atom. The highest BCUT2D eigenvalue weighted by Crippen LogP contribution is 2.18. The van der Waals surface area contributed by atoms with Crippen LogP contribution in [0.2, 0.25) is 0 Å². The summed E-state index contributed by atoms with van der Waals surface area (Å²) < 4.78 is 34.0. The van der Waals surface area contributed by atoms with Gasteiger partial charge >= 0.3 is 0 Å². The molecule has 0 aliphatic rings. The first-order valence-electron chi connectivity index (χ1n) is 9.49. The van der Waals surface area contributed by atoms with Crippen molar-refractivity contribution in [3.05, 3.63) is 78.5 Å². The first kappa shape index (κ1) is 22.1. The first-order chi connectivity index (χ1) is 14.9. The maximum atomic E-state index is 11.4. The molecule has 3 rings (SSSR count). The molecule has 0 saturated heterocycles. The Hall–Kier alpha value is -3.59. The molecule has 0 saturated carbocycles. The lowest BCUT2D eigenvalue weighted by Gasteiger charge is -2.07. The third kappa shape index (κ3) is 7.00. The lowest BCUT2D eigenvalue weighted by molar-refractivity contribution is 0.127. The quantitative estimate of drug-likeness (QED) is 0.222. The lowest BCUT2D eigenvalue weighted by Crippen LogP contribution is -2.14. The van der Waals surface area contributed by atoms with Crippen LogP contribution in [0.1, 0.15) is 12.0 Å². The number of hydrogen-bond acceptors (Lipinski definition) is 7. The van der Waals surface area contributed by atoms with Crippen molar-refractivity contribution in [2.75, 3.05) is 19.5 Å². The molecular weight excluding hydrogens is 418 g/mol. The molecule has 0 fully saturated rings. The zero-order valence-corrected chi connectivity index (χ0v) is 17.8. The van der Waals surface area contributed by atoms with E-state index in [4.69, 9.17) is 20.0 Å². The van der Waals surface area contributed by atoms with Crippen LogP contribution in [0.25, 0.3) is 0 Å². The predicted molar refractivity (Wildman–Crippen MR) is 117 cm³/mol. The van der Waals surface area contributed by atoms with E-state index in [1.807, 2.05) is 30.3 Å². The molecule has 1 aromatic heterocycles. The minimum atomic E-state index is -3.21. The number of sulfone groups is 1. The summed E-state index contributed by atoms with van der Waals surface area (Å²) in [4.78, 5) is 9.69. The number of aromatic nitrogens is 1. The molecule has 1 heterocycles. The van der Waals surface area contributed by atoms with E-state index in [2.05, 4.69) is 10.1 Å². The van der Waals surface area contributed by atoms with Crippen LogP contribution in [0.5, 0.6) is 17.4 Å². The van der Waals surface area contributed by atoms with Gasteiger partial charge in [0.1, 0.15) is 18.1 Å². The van der Waals surface area contributed by atoms with Gasteiger partial charge in [0.05, 0.1) is 11.5 Å². The second kappa shape index (κ2) is 10.4. The smallest absolute Gasteiger partial charge is 0.219 e. The second-order valence-electron chi connectivity index (χ2n) is 6.56. The van der Waals surface area contributed by atoms with Gasteiger partial charge in [-0.2, -0.15) is 0 Å². The summed E-state index contributed by atoms with van der Waals surface area (Å²) in [5.41, 5.74) is 6.53. The monoisotopic (exact) mass is 441 g/mol. The Bertz CT molecular complexity index is 1100. The van der Waals surface area contributed by atoms with Crippen molar-refractivity contribution in [1.82, 2.24) is 4.98 Å². The van der Waals surface area contributed by atoms with Gasteiger partial charge in [-0.1, -0.05) is 23.4 Å². The summed E-state index contributed by atoms with van der Waals surface area (Å²) in [7, 11) is -3.21. The molecule has 162 valence electrons. The third-order valence-electron chi connectivity index (χ3n) is 4.06. The number of amidine groups is 1. The van der Waals surface area contributed by atoms with Crippen molar-refractivity contribution in [3.63, 3.8) is 0 Å². The Balaban J connectivity index is 1.39. The number of oxime groups is 1. The Labute approximate surface area is 181 Å². The van der Waals surface area contributed by atoms with Crippen molar-refractivity contribution in [3.8, 4) is 17.4 Å². The molecule has 0 bridgehead atoms. The van der Waals surface area contributed by atoms with Crippen LogP contribution < -0.4 is 15.2 Å². The summed E-state index contributed by atoms with van der Waals surface area (Å²) in [6, 6.07) is 19.1. The standard InChI is InChI=1S/C22H23N3O5S/c1-31(26,27)20-11-9-18(10-12-20)28-14-5-15-29-25-22(23)17-8-13-21(24-16-17)30-19-6-3-2-4-7-19/h2-4,6-13,16H,5,14-15H2,1H3,(H2,23,25). The Morgan fingerprint density at radius 1 is 0.968 bits per heavy atom. The van der Waals surface area contributed by atoms with E-state index < -0.39 is 9.84 Å². The summed E-state index contributed by atoms with van der Waals surface area (Å²) in [5, 5.41) is 3.88. The van der Waals surface area contributed by atoms with Crippen LogP contribution in [-0.2, 0) is 14.7 Å². The number of ether oxygens (including phenoxy) is 2. The maximum absolute atomic E-state index is 11.4. The van der Waals surface area contributed by atoms with Gasteiger partial charge in [-0.3, -0.25) is 0 Å². The highest BCUT2D eigenvalue weighted by Gasteiger charge is 2.06. The number of rotatable bonds is 10. The van der Waals surface area contributed by atoms with Gasteiger partial charge in [0.15, 0.2) is 15.7 Å². The van der Waals surface area contributed by atoms with Crippen LogP contribution in [0, 0.1) is 0 Å². The predicted octanol–water partition coefficient (Wildman–Crippen LogP) is 3.38. The molecule has 2 N–H and O–H groups in total. The average Bonchev–Trinajstić information content (AvgIpc) is 2.77.